The van der Waals surface area contributed by atoms with Gasteiger partial charge in [0, 0.05) is 22.5 Å². The summed E-state index contributed by atoms with van der Waals surface area (Å²) in [5.41, 5.74) is 2.93. The summed E-state index contributed by atoms with van der Waals surface area (Å²) in [7, 11) is 0. The third-order valence-electron chi connectivity index (χ3n) is 8.34. The van der Waals surface area contributed by atoms with Gasteiger partial charge in [-0.25, -0.2) is 0 Å². The Balaban J connectivity index is 1.57. The molecular weight excluding hydrogens is 512 g/mol. The van der Waals surface area contributed by atoms with Gasteiger partial charge in [0.25, 0.3) is 0 Å². The van der Waals surface area contributed by atoms with Gasteiger partial charge in [-0.05, 0) is 54.5 Å². The summed E-state index contributed by atoms with van der Waals surface area (Å²) in [6, 6.07) is 23.6. The van der Waals surface area contributed by atoms with Gasteiger partial charge in [0.15, 0.2) is 11.5 Å². The molecule has 4 heterocycles. The molecule has 3 aliphatic rings. The Labute approximate surface area is 229 Å². The molecular formula is C32H23ClN2O4. The zero-order chi connectivity index (χ0) is 26.9. The van der Waals surface area contributed by atoms with E-state index in [2.05, 4.69) is 5.32 Å². The Bertz CT molecular complexity index is 1710. The number of carbonyl (C=O) groups is 3. The lowest BCUT2D eigenvalue weighted by Gasteiger charge is -2.39. The van der Waals surface area contributed by atoms with Crippen LogP contribution < -0.4 is 10.2 Å². The molecule has 0 saturated carbocycles. The lowest BCUT2D eigenvalue weighted by atomic mass is 9.64. The van der Waals surface area contributed by atoms with E-state index in [1.807, 2.05) is 66.4 Å². The van der Waals surface area contributed by atoms with Crippen molar-refractivity contribution < 1.29 is 18.8 Å². The van der Waals surface area contributed by atoms with E-state index in [9.17, 15) is 14.4 Å². The second-order valence-corrected chi connectivity index (χ2v) is 10.6. The van der Waals surface area contributed by atoms with Gasteiger partial charge in [-0.3, -0.25) is 14.4 Å². The minimum atomic E-state index is -1.39. The molecule has 4 atom stereocenters. The van der Waals surface area contributed by atoms with Crippen LogP contribution in [0, 0.1) is 5.92 Å². The van der Waals surface area contributed by atoms with Crippen LogP contribution in [0.25, 0.3) is 5.57 Å². The highest BCUT2D eigenvalue weighted by molar-refractivity contribution is 6.34. The number of halogens is 1. The summed E-state index contributed by atoms with van der Waals surface area (Å²) in [5, 5.41) is 3.32. The summed E-state index contributed by atoms with van der Waals surface area (Å²) in [5.74, 6) is -2.05. The summed E-state index contributed by atoms with van der Waals surface area (Å²) >= 11 is 6.55. The first-order valence-electron chi connectivity index (χ1n) is 12.8. The zero-order valence-corrected chi connectivity index (χ0v) is 21.7. The molecule has 1 amide bonds. The van der Waals surface area contributed by atoms with E-state index in [1.165, 1.54) is 6.26 Å². The Kier molecular flexibility index (Phi) is 5.19. The molecule has 1 N–H and O–H groups in total. The Morgan fingerprint density at radius 2 is 1.67 bits per heavy atom. The SMILES string of the molecule is CC1=C[C@H]2N(c3ccccc31)[C@@H](C(=O)c1ccccc1Cl)[C@@H](C(=O)c1ccco1)[C@]21C(=O)Nc2ccccc21. The molecule has 0 unspecified atom stereocenters. The summed E-state index contributed by atoms with van der Waals surface area (Å²) in [6.45, 7) is 2.00. The molecule has 1 aromatic heterocycles. The van der Waals surface area contributed by atoms with E-state index >= 15 is 0 Å². The minimum absolute atomic E-state index is 0.0994. The number of benzene rings is 3. The van der Waals surface area contributed by atoms with Gasteiger partial charge in [-0.2, -0.15) is 0 Å². The fourth-order valence-corrected chi connectivity index (χ4v) is 7.01. The van der Waals surface area contributed by atoms with Crippen LogP contribution in [0.3, 0.4) is 0 Å². The number of fused-ring (bicyclic) bond motifs is 6. The molecule has 7 rings (SSSR count). The molecule has 192 valence electrons. The molecule has 1 fully saturated rings. The Hall–Kier alpha value is -4.42. The number of nitrogens with zero attached hydrogens (tertiary/aromatic N) is 1. The van der Waals surface area contributed by atoms with Crippen molar-refractivity contribution >= 4 is 46.0 Å². The van der Waals surface area contributed by atoms with Gasteiger partial charge >= 0.3 is 0 Å². The number of nitrogens with one attached hydrogen (secondary N) is 1. The molecule has 3 aromatic carbocycles. The van der Waals surface area contributed by atoms with Crippen LogP contribution in [0.2, 0.25) is 5.02 Å². The number of Topliss-reactive ketones (excluding diaryl/α,β-unsaturated/α-hetero) is 2. The highest BCUT2D eigenvalue weighted by atomic mass is 35.5. The van der Waals surface area contributed by atoms with E-state index in [-0.39, 0.29) is 22.5 Å². The predicted molar refractivity (Wildman–Crippen MR) is 149 cm³/mol. The van der Waals surface area contributed by atoms with Crippen LogP contribution >= 0.6 is 11.6 Å². The topological polar surface area (TPSA) is 79.6 Å². The number of amides is 1. The average Bonchev–Trinajstić information content (AvgIpc) is 3.66. The van der Waals surface area contributed by atoms with Gasteiger partial charge in [0.05, 0.1) is 23.2 Å². The van der Waals surface area contributed by atoms with Crippen LogP contribution in [0.1, 0.15) is 39.0 Å². The smallest absolute Gasteiger partial charge is 0.238 e. The molecule has 1 spiro atoms. The molecule has 0 aliphatic carbocycles. The van der Waals surface area contributed by atoms with E-state index in [1.54, 1.807) is 36.4 Å². The quantitative estimate of drug-likeness (QED) is 0.316. The number of furan rings is 1. The first kappa shape index (κ1) is 23.7. The average molecular weight is 535 g/mol. The van der Waals surface area contributed by atoms with Gasteiger partial charge in [0.1, 0.15) is 11.5 Å². The molecule has 0 radical (unpaired) electrons. The number of carbonyl (C=O) groups excluding carboxylic acids is 3. The van der Waals surface area contributed by atoms with Crippen LogP contribution in [-0.2, 0) is 10.2 Å². The monoisotopic (exact) mass is 534 g/mol. The number of hydrogen-bond donors (Lipinski definition) is 1. The van der Waals surface area contributed by atoms with Crippen molar-refractivity contribution in [1.82, 2.24) is 0 Å². The maximum absolute atomic E-state index is 14.6. The van der Waals surface area contributed by atoms with Gasteiger partial charge < -0.3 is 14.6 Å². The van der Waals surface area contributed by atoms with E-state index in [0.29, 0.717) is 16.8 Å². The summed E-state index contributed by atoms with van der Waals surface area (Å²) in [6.07, 6.45) is 3.45. The van der Waals surface area contributed by atoms with E-state index < -0.39 is 29.2 Å². The predicted octanol–water partition coefficient (Wildman–Crippen LogP) is 6.18. The van der Waals surface area contributed by atoms with Crippen LogP contribution in [0.4, 0.5) is 11.4 Å². The van der Waals surface area contributed by atoms with Crippen LogP contribution in [-0.4, -0.2) is 29.6 Å². The standard InChI is InChI=1S/C32H23ClN2O4/c1-18-17-26-32(21-11-4-6-13-23(21)34-31(32)38)27(30(37)25-15-8-16-39-25)28(29(36)20-10-2-5-12-22(20)33)35(26)24-14-7-3-9-19(18)24/h2-17,26-28H,1H3,(H,34,38)/t26-,27+,28-,32-/m1/s1. The lowest BCUT2D eigenvalue weighted by Crippen LogP contribution is -2.51. The highest BCUT2D eigenvalue weighted by Gasteiger charge is 2.70. The third-order valence-corrected chi connectivity index (χ3v) is 8.67. The molecule has 7 heteroatoms. The second-order valence-electron chi connectivity index (χ2n) is 10.2. The largest absolute Gasteiger partial charge is 0.461 e. The molecule has 39 heavy (non-hydrogen) atoms. The number of anilines is 2. The van der Waals surface area contributed by atoms with Crippen molar-refractivity contribution in [2.24, 2.45) is 5.92 Å². The number of ketones is 2. The minimum Gasteiger partial charge on any atom is -0.461 e. The van der Waals surface area contributed by atoms with Gasteiger partial charge in [0.2, 0.25) is 11.7 Å². The van der Waals surface area contributed by atoms with Crippen molar-refractivity contribution in [2.75, 3.05) is 10.2 Å². The van der Waals surface area contributed by atoms with Gasteiger partial charge in [-0.1, -0.05) is 66.2 Å². The van der Waals surface area contributed by atoms with Gasteiger partial charge in [-0.15, -0.1) is 0 Å². The molecule has 4 aromatic rings. The lowest BCUT2D eigenvalue weighted by molar-refractivity contribution is -0.121. The Morgan fingerprint density at radius 3 is 2.46 bits per heavy atom. The zero-order valence-electron chi connectivity index (χ0n) is 20.9. The highest BCUT2D eigenvalue weighted by Crippen LogP contribution is 2.59. The maximum atomic E-state index is 14.6. The maximum Gasteiger partial charge on any atom is 0.238 e. The fourth-order valence-electron chi connectivity index (χ4n) is 6.78. The summed E-state index contributed by atoms with van der Waals surface area (Å²) in [4.78, 5) is 45.3. The first-order chi connectivity index (χ1) is 18.9. The molecule has 1 saturated heterocycles. The number of allylic oxidation sites excluding steroid dienone is 1. The van der Waals surface area contributed by atoms with Crippen molar-refractivity contribution in [3.63, 3.8) is 0 Å². The number of hydrogen-bond acceptors (Lipinski definition) is 5. The van der Waals surface area contributed by atoms with Crippen LogP contribution in [0.5, 0.6) is 0 Å². The molecule has 0 bridgehead atoms. The van der Waals surface area contributed by atoms with E-state index in [0.717, 1.165) is 16.8 Å². The van der Waals surface area contributed by atoms with Crippen molar-refractivity contribution in [1.29, 1.82) is 0 Å². The molecule has 3 aliphatic heterocycles. The first-order valence-corrected chi connectivity index (χ1v) is 13.2. The number of rotatable bonds is 4. The van der Waals surface area contributed by atoms with Crippen molar-refractivity contribution in [3.8, 4) is 0 Å². The second kappa shape index (κ2) is 8.55. The van der Waals surface area contributed by atoms with Crippen LogP contribution in [0.15, 0.2) is 102 Å². The fraction of sp³-hybridized carbons (Fsp3) is 0.156. The van der Waals surface area contributed by atoms with Crippen molar-refractivity contribution in [2.45, 2.75) is 24.4 Å². The molecule has 6 nitrogen and oxygen atoms in total. The Morgan fingerprint density at radius 1 is 0.923 bits per heavy atom. The normalized spacial score (nSPS) is 24.6. The number of para-hydroxylation sites is 2. The third kappa shape index (κ3) is 3.12. The summed E-state index contributed by atoms with van der Waals surface area (Å²) < 4.78 is 5.58. The van der Waals surface area contributed by atoms with Crippen molar-refractivity contribution in [3.05, 3.63) is 125 Å². The van der Waals surface area contributed by atoms with E-state index in [4.69, 9.17) is 16.0 Å².